The average molecular weight is 298 g/mol. The average Bonchev–Trinajstić information content (AvgIpc) is 3.24. The Morgan fingerprint density at radius 2 is 2.00 bits per heavy atom. The maximum absolute atomic E-state index is 12.3. The number of rotatable bonds is 6. The summed E-state index contributed by atoms with van der Waals surface area (Å²) in [4.78, 5) is 29.1. The van der Waals surface area contributed by atoms with Gasteiger partial charge in [-0.2, -0.15) is 0 Å². The molecule has 0 aromatic heterocycles. The van der Waals surface area contributed by atoms with Crippen molar-refractivity contribution in [3.8, 4) is 0 Å². The SMILES string of the molecule is CN1CCN(C)C(CNC(=O)N(CCC(=O)O)C2CC2)C1. The summed E-state index contributed by atoms with van der Waals surface area (Å²) in [6, 6.07) is 0.421. The minimum absolute atomic E-state index is 0.00991. The van der Waals surface area contributed by atoms with E-state index in [0.717, 1.165) is 32.5 Å². The van der Waals surface area contributed by atoms with Crippen molar-refractivity contribution in [2.75, 3.05) is 46.8 Å². The van der Waals surface area contributed by atoms with Crippen LogP contribution in [0.25, 0.3) is 0 Å². The first kappa shape index (κ1) is 16.0. The molecule has 1 heterocycles. The molecule has 21 heavy (non-hydrogen) atoms. The molecule has 0 radical (unpaired) electrons. The number of hydrogen-bond donors (Lipinski definition) is 2. The molecule has 1 aliphatic heterocycles. The van der Waals surface area contributed by atoms with Crippen molar-refractivity contribution in [2.24, 2.45) is 0 Å². The van der Waals surface area contributed by atoms with Crippen molar-refractivity contribution >= 4 is 12.0 Å². The van der Waals surface area contributed by atoms with E-state index in [4.69, 9.17) is 5.11 Å². The van der Waals surface area contributed by atoms with E-state index in [2.05, 4.69) is 29.2 Å². The Labute approximate surface area is 125 Å². The molecule has 1 unspecified atom stereocenters. The monoisotopic (exact) mass is 298 g/mol. The quantitative estimate of drug-likeness (QED) is 0.715. The highest BCUT2D eigenvalue weighted by atomic mass is 16.4. The van der Waals surface area contributed by atoms with Gasteiger partial charge in [0.05, 0.1) is 6.42 Å². The van der Waals surface area contributed by atoms with E-state index in [9.17, 15) is 9.59 Å². The molecular weight excluding hydrogens is 272 g/mol. The highest BCUT2D eigenvalue weighted by molar-refractivity contribution is 5.76. The first-order valence-corrected chi connectivity index (χ1v) is 7.62. The molecule has 2 rings (SSSR count). The topological polar surface area (TPSA) is 76.1 Å². The fraction of sp³-hybridized carbons (Fsp3) is 0.857. The van der Waals surface area contributed by atoms with E-state index >= 15 is 0 Å². The minimum atomic E-state index is -0.859. The molecule has 1 saturated heterocycles. The Hall–Kier alpha value is -1.34. The van der Waals surface area contributed by atoms with E-state index in [1.807, 2.05) is 0 Å². The molecule has 120 valence electrons. The molecule has 0 bridgehead atoms. The van der Waals surface area contributed by atoms with Gasteiger partial charge in [0.1, 0.15) is 0 Å². The molecule has 2 aliphatic rings. The van der Waals surface area contributed by atoms with Crippen LogP contribution in [0.15, 0.2) is 0 Å². The number of piperazine rings is 1. The molecule has 7 nitrogen and oxygen atoms in total. The first-order valence-electron chi connectivity index (χ1n) is 7.62. The Morgan fingerprint density at radius 1 is 1.29 bits per heavy atom. The van der Waals surface area contributed by atoms with Gasteiger partial charge in [0, 0.05) is 44.8 Å². The Bertz CT molecular complexity index is 386. The van der Waals surface area contributed by atoms with Crippen molar-refractivity contribution in [1.29, 1.82) is 0 Å². The Balaban J connectivity index is 1.79. The van der Waals surface area contributed by atoms with Crippen molar-refractivity contribution < 1.29 is 14.7 Å². The van der Waals surface area contributed by atoms with Crippen molar-refractivity contribution in [2.45, 2.75) is 31.3 Å². The predicted octanol–water partition coefficient (Wildman–Crippen LogP) is -0.119. The molecule has 1 aliphatic carbocycles. The fourth-order valence-corrected chi connectivity index (χ4v) is 2.68. The summed E-state index contributed by atoms with van der Waals surface area (Å²) in [5, 5.41) is 11.7. The molecule has 0 spiro atoms. The third kappa shape index (κ3) is 4.86. The van der Waals surface area contributed by atoms with Gasteiger partial charge in [-0.25, -0.2) is 4.79 Å². The lowest BCUT2D eigenvalue weighted by atomic mass is 10.2. The van der Waals surface area contributed by atoms with Crippen molar-refractivity contribution in [3.63, 3.8) is 0 Å². The van der Waals surface area contributed by atoms with Crippen LogP contribution in [0.2, 0.25) is 0 Å². The highest BCUT2D eigenvalue weighted by Gasteiger charge is 2.33. The van der Waals surface area contributed by atoms with Gasteiger partial charge in [-0.1, -0.05) is 0 Å². The number of amides is 2. The number of aliphatic carboxylic acids is 1. The molecule has 2 N–H and O–H groups in total. The molecular formula is C14H26N4O3. The molecule has 0 aromatic rings. The Kier molecular flexibility index (Phi) is 5.41. The van der Waals surface area contributed by atoms with Gasteiger partial charge in [0.2, 0.25) is 0 Å². The second-order valence-electron chi connectivity index (χ2n) is 6.15. The standard InChI is InChI=1S/C14H26N4O3/c1-16-7-8-17(2)12(10-16)9-15-14(21)18(11-3-4-11)6-5-13(19)20/h11-12H,3-10H2,1-2H3,(H,15,21)(H,19,20). The summed E-state index contributed by atoms with van der Waals surface area (Å²) in [7, 11) is 4.16. The minimum Gasteiger partial charge on any atom is -0.481 e. The molecule has 2 amide bonds. The third-order valence-electron chi connectivity index (χ3n) is 4.28. The van der Waals surface area contributed by atoms with E-state index in [-0.39, 0.29) is 18.5 Å². The zero-order valence-corrected chi connectivity index (χ0v) is 12.9. The van der Waals surface area contributed by atoms with Gasteiger partial charge in [-0.15, -0.1) is 0 Å². The van der Waals surface area contributed by atoms with E-state index in [0.29, 0.717) is 19.1 Å². The maximum atomic E-state index is 12.3. The van der Waals surface area contributed by atoms with Crippen molar-refractivity contribution in [3.05, 3.63) is 0 Å². The second kappa shape index (κ2) is 7.09. The van der Waals surface area contributed by atoms with Gasteiger partial charge >= 0.3 is 12.0 Å². The number of carboxylic acid groups (broad SMARTS) is 1. The third-order valence-corrected chi connectivity index (χ3v) is 4.28. The van der Waals surface area contributed by atoms with Gasteiger partial charge in [-0.3, -0.25) is 9.69 Å². The molecule has 7 heteroatoms. The fourth-order valence-electron chi connectivity index (χ4n) is 2.68. The lowest BCUT2D eigenvalue weighted by molar-refractivity contribution is -0.137. The lowest BCUT2D eigenvalue weighted by Crippen LogP contribution is -2.55. The number of nitrogens with zero attached hydrogens (tertiary/aromatic N) is 3. The summed E-state index contributed by atoms with van der Waals surface area (Å²) in [6.45, 7) is 3.90. The number of urea groups is 1. The predicted molar refractivity (Wildman–Crippen MR) is 79.3 cm³/mol. The van der Waals surface area contributed by atoms with Crippen molar-refractivity contribution in [1.82, 2.24) is 20.0 Å². The summed E-state index contributed by atoms with van der Waals surface area (Å²) in [6.07, 6.45) is 1.98. The Morgan fingerprint density at radius 3 is 2.62 bits per heavy atom. The van der Waals surface area contributed by atoms with Crippen LogP contribution in [0.1, 0.15) is 19.3 Å². The highest BCUT2D eigenvalue weighted by Crippen LogP contribution is 2.26. The first-order chi connectivity index (χ1) is 9.97. The van der Waals surface area contributed by atoms with Gasteiger partial charge in [0.15, 0.2) is 0 Å². The van der Waals surface area contributed by atoms with Gasteiger partial charge in [0.25, 0.3) is 0 Å². The van der Waals surface area contributed by atoms with Crippen LogP contribution < -0.4 is 5.32 Å². The summed E-state index contributed by atoms with van der Waals surface area (Å²) in [5.41, 5.74) is 0. The zero-order valence-electron chi connectivity index (χ0n) is 12.9. The normalized spacial score (nSPS) is 23.8. The molecule has 2 fully saturated rings. The number of carbonyl (C=O) groups excluding carboxylic acids is 1. The summed E-state index contributed by atoms with van der Waals surface area (Å²) >= 11 is 0. The largest absolute Gasteiger partial charge is 0.481 e. The van der Waals surface area contributed by atoms with Crippen LogP contribution >= 0.6 is 0 Å². The lowest BCUT2D eigenvalue weighted by Gasteiger charge is -2.38. The van der Waals surface area contributed by atoms with Crippen LogP contribution in [-0.4, -0.2) is 90.7 Å². The van der Waals surface area contributed by atoms with Crippen LogP contribution in [0.4, 0.5) is 4.79 Å². The van der Waals surface area contributed by atoms with Gasteiger partial charge in [-0.05, 0) is 26.9 Å². The number of carbonyl (C=O) groups is 2. The smallest absolute Gasteiger partial charge is 0.317 e. The molecule has 1 saturated carbocycles. The number of nitrogens with one attached hydrogen (secondary N) is 1. The second-order valence-corrected chi connectivity index (χ2v) is 6.15. The zero-order chi connectivity index (χ0) is 15.4. The number of carboxylic acids is 1. The number of hydrogen-bond acceptors (Lipinski definition) is 4. The number of likely N-dealkylation sites (N-methyl/N-ethyl adjacent to an activating group) is 2. The van der Waals surface area contributed by atoms with Gasteiger partial charge < -0.3 is 20.2 Å². The van der Waals surface area contributed by atoms with E-state index < -0.39 is 5.97 Å². The maximum Gasteiger partial charge on any atom is 0.317 e. The summed E-state index contributed by atoms with van der Waals surface area (Å²) in [5.74, 6) is -0.859. The van der Waals surface area contributed by atoms with Crippen LogP contribution in [0, 0.1) is 0 Å². The van der Waals surface area contributed by atoms with Crippen LogP contribution in [0.5, 0.6) is 0 Å². The van der Waals surface area contributed by atoms with E-state index in [1.54, 1.807) is 4.90 Å². The van der Waals surface area contributed by atoms with Crippen LogP contribution in [0.3, 0.4) is 0 Å². The summed E-state index contributed by atoms with van der Waals surface area (Å²) < 4.78 is 0. The molecule has 0 aromatic carbocycles. The van der Waals surface area contributed by atoms with E-state index in [1.165, 1.54) is 0 Å². The van der Waals surface area contributed by atoms with Crippen LogP contribution in [-0.2, 0) is 4.79 Å². The molecule has 1 atom stereocenters.